The standard InChI is InChI=1S/C22H21NO/c1-22(19-13-7-3-8-14-19,20-15-9-4-10-16-20)21(24)23-17-18-11-5-2-6-12-18/h2-16H,17H2,1H3,(H,23,24). The molecule has 0 aliphatic carbocycles. The maximum atomic E-state index is 13.1. The van der Waals surface area contributed by atoms with Crippen LogP contribution in [0.15, 0.2) is 91.0 Å². The van der Waals surface area contributed by atoms with E-state index in [1.54, 1.807) is 0 Å². The number of hydrogen-bond donors (Lipinski definition) is 1. The molecule has 1 N–H and O–H groups in total. The molecule has 0 aliphatic rings. The maximum absolute atomic E-state index is 13.1. The molecule has 3 aromatic carbocycles. The Bertz CT molecular complexity index is 742. The van der Waals surface area contributed by atoms with E-state index >= 15 is 0 Å². The Balaban J connectivity index is 1.92. The highest BCUT2D eigenvalue weighted by Crippen LogP contribution is 2.32. The van der Waals surface area contributed by atoms with Gasteiger partial charge in [-0.2, -0.15) is 0 Å². The van der Waals surface area contributed by atoms with Crippen molar-refractivity contribution in [2.45, 2.75) is 18.9 Å². The number of carbonyl (C=O) groups is 1. The van der Waals surface area contributed by atoms with Gasteiger partial charge in [0.05, 0.1) is 5.41 Å². The van der Waals surface area contributed by atoms with E-state index in [4.69, 9.17) is 0 Å². The first-order valence-corrected chi connectivity index (χ1v) is 8.14. The van der Waals surface area contributed by atoms with Gasteiger partial charge in [-0.15, -0.1) is 0 Å². The van der Waals surface area contributed by atoms with Crippen LogP contribution in [0.1, 0.15) is 23.6 Å². The number of nitrogens with one attached hydrogen (secondary N) is 1. The summed E-state index contributed by atoms with van der Waals surface area (Å²) >= 11 is 0. The third kappa shape index (κ3) is 3.23. The molecule has 0 atom stereocenters. The zero-order valence-electron chi connectivity index (χ0n) is 13.8. The van der Waals surface area contributed by atoms with E-state index < -0.39 is 5.41 Å². The highest BCUT2D eigenvalue weighted by Gasteiger charge is 2.36. The lowest BCUT2D eigenvalue weighted by Gasteiger charge is -2.29. The van der Waals surface area contributed by atoms with Crippen LogP contribution < -0.4 is 5.32 Å². The molecule has 2 heteroatoms. The zero-order valence-corrected chi connectivity index (χ0v) is 13.8. The smallest absolute Gasteiger partial charge is 0.235 e. The second-order valence-electron chi connectivity index (χ2n) is 6.03. The molecule has 0 saturated heterocycles. The van der Waals surface area contributed by atoms with Crippen LogP contribution in [0, 0.1) is 0 Å². The number of rotatable bonds is 5. The quantitative estimate of drug-likeness (QED) is 0.747. The fourth-order valence-electron chi connectivity index (χ4n) is 2.93. The number of benzene rings is 3. The number of hydrogen-bond acceptors (Lipinski definition) is 1. The van der Waals surface area contributed by atoms with E-state index in [1.165, 1.54) is 0 Å². The Hall–Kier alpha value is -2.87. The number of amides is 1. The van der Waals surface area contributed by atoms with E-state index in [0.29, 0.717) is 6.54 Å². The molecule has 0 unspecified atom stereocenters. The third-order valence-electron chi connectivity index (χ3n) is 4.45. The van der Waals surface area contributed by atoms with Gasteiger partial charge in [-0.05, 0) is 23.6 Å². The minimum absolute atomic E-state index is 0.00348. The molecule has 0 aromatic heterocycles. The lowest BCUT2D eigenvalue weighted by Crippen LogP contribution is -2.42. The largest absolute Gasteiger partial charge is 0.351 e. The number of carbonyl (C=O) groups excluding carboxylic acids is 1. The topological polar surface area (TPSA) is 29.1 Å². The Morgan fingerprint density at radius 3 is 1.62 bits per heavy atom. The molecular weight excluding hydrogens is 294 g/mol. The van der Waals surface area contributed by atoms with Gasteiger partial charge in [0.1, 0.15) is 0 Å². The molecule has 1 amide bonds. The van der Waals surface area contributed by atoms with Crippen molar-refractivity contribution in [3.05, 3.63) is 108 Å². The molecule has 0 heterocycles. The van der Waals surface area contributed by atoms with Gasteiger partial charge in [0.15, 0.2) is 0 Å². The summed E-state index contributed by atoms with van der Waals surface area (Å²) < 4.78 is 0. The summed E-state index contributed by atoms with van der Waals surface area (Å²) in [4.78, 5) is 13.1. The molecule has 24 heavy (non-hydrogen) atoms. The van der Waals surface area contributed by atoms with E-state index in [1.807, 2.05) is 97.9 Å². The Morgan fingerprint density at radius 2 is 1.17 bits per heavy atom. The van der Waals surface area contributed by atoms with Crippen molar-refractivity contribution < 1.29 is 4.79 Å². The second-order valence-corrected chi connectivity index (χ2v) is 6.03. The molecule has 2 nitrogen and oxygen atoms in total. The van der Waals surface area contributed by atoms with Crippen LogP contribution in [0.2, 0.25) is 0 Å². The molecule has 3 rings (SSSR count). The van der Waals surface area contributed by atoms with Gasteiger partial charge in [-0.3, -0.25) is 4.79 Å². The summed E-state index contributed by atoms with van der Waals surface area (Å²) in [6, 6.07) is 29.8. The van der Waals surface area contributed by atoms with Crippen LogP contribution in [0.25, 0.3) is 0 Å². The van der Waals surface area contributed by atoms with Crippen LogP contribution in [0.3, 0.4) is 0 Å². The lowest BCUT2D eigenvalue weighted by atomic mass is 9.75. The van der Waals surface area contributed by atoms with Crippen LogP contribution in [0.4, 0.5) is 0 Å². The SMILES string of the molecule is CC(C(=O)NCc1ccccc1)(c1ccccc1)c1ccccc1. The minimum Gasteiger partial charge on any atom is -0.351 e. The highest BCUT2D eigenvalue weighted by molar-refractivity contribution is 5.91. The summed E-state index contributed by atoms with van der Waals surface area (Å²) in [5.41, 5.74) is 2.34. The molecule has 0 fully saturated rings. The van der Waals surface area contributed by atoms with Crippen LogP contribution >= 0.6 is 0 Å². The summed E-state index contributed by atoms with van der Waals surface area (Å²) in [5.74, 6) is 0.00348. The van der Waals surface area contributed by atoms with Crippen LogP contribution in [-0.2, 0) is 16.8 Å². The molecule has 120 valence electrons. The van der Waals surface area contributed by atoms with Gasteiger partial charge in [0.2, 0.25) is 5.91 Å². The summed E-state index contributed by atoms with van der Waals surface area (Å²) in [5, 5.41) is 3.10. The average molecular weight is 315 g/mol. The van der Waals surface area contributed by atoms with E-state index in [9.17, 15) is 4.79 Å². The first-order chi connectivity index (χ1) is 11.7. The van der Waals surface area contributed by atoms with Gasteiger partial charge in [0, 0.05) is 6.54 Å². The average Bonchev–Trinajstić information content (AvgIpc) is 2.67. The van der Waals surface area contributed by atoms with Gasteiger partial charge >= 0.3 is 0 Å². The highest BCUT2D eigenvalue weighted by atomic mass is 16.2. The van der Waals surface area contributed by atoms with Gasteiger partial charge in [-0.25, -0.2) is 0 Å². The zero-order chi connectivity index (χ0) is 16.8. The first-order valence-electron chi connectivity index (χ1n) is 8.14. The normalized spacial score (nSPS) is 11.0. The van der Waals surface area contributed by atoms with Crippen molar-refractivity contribution >= 4 is 5.91 Å². The van der Waals surface area contributed by atoms with Crippen molar-refractivity contribution in [3.8, 4) is 0 Å². The van der Waals surface area contributed by atoms with Crippen molar-refractivity contribution in [3.63, 3.8) is 0 Å². The van der Waals surface area contributed by atoms with Crippen molar-refractivity contribution in [2.24, 2.45) is 0 Å². The fraction of sp³-hybridized carbons (Fsp3) is 0.136. The Labute approximate surface area is 143 Å². The molecule has 0 spiro atoms. The fourth-order valence-corrected chi connectivity index (χ4v) is 2.93. The van der Waals surface area contributed by atoms with E-state index in [2.05, 4.69) is 5.32 Å². The van der Waals surface area contributed by atoms with Gasteiger partial charge in [0.25, 0.3) is 0 Å². The summed E-state index contributed by atoms with van der Waals surface area (Å²) in [7, 11) is 0. The summed E-state index contributed by atoms with van der Waals surface area (Å²) in [6.07, 6.45) is 0. The van der Waals surface area contributed by atoms with Crippen molar-refractivity contribution in [1.82, 2.24) is 5.32 Å². The van der Waals surface area contributed by atoms with Crippen molar-refractivity contribution in [1.29, 1.82) is 0 Å². The maximum Gasteiger partial charge on any atom is 0.235 e. The van der Waals surface area contributed by atoms with Gasteiger partial charge < -0.3 is 5.32 Å². The minimum atomic E-state index is -0.725. The predicted octanol–water partition coefficient (Wildman–Crippen LogP) is 4.31. The molecule has 0 saturated carbocycles. The van der Waals surface area contributed by atoms with Crippen LogP contribution in [0.5, 0.6) is 0 Å². The third-order valence-corrected chi connectivity index (χ3v) is 4.45. The summed E-state index contributed by atoms with van der Waals surface area (Å²) in [6.45, 7) is 2.51. The lowest BCUT2D eigenvalue weighted by molar-refractivity contribution is -0.125. The Morgan fingerprint density at radius 1 is 0.750 bits per heavy atom. The van der Waals surface area contributed by atoms with Crippen LogP contribution in [-0.4, -0.2) is 5.91 Å². The predicted molar refractivity (Wildman–Crippen MR) is 97.6 cm³/mol. The molecule has 0 radical (unpaired) electrons. The first kappa shape index (κ1) is 16.0. The van der Waals surface area contributed by atoms with E-state index in [-0.39, 0.29) is 5.91 Å². The van der Waals surface area contributed by atoms with Gasteiger partial charge in [-0.1, -0.05) is 91.0 Å². The van der Waals surface area contributed by atoms with Crippen molar-refractivity contribution in [2.75, 3.05) is 0 Å². The monoisotopic (exact) mass is 315 g/mol. The second kappa shape index (κ2) is 7.14. The Kier molecular flexibility index (Phi) is 4.76. The molecule has 0 bridgehead atoms. The van der Waals surface area contributed by atoms with E-state index in [0.717, 1.165) is 16.7 Å². The molecular formula is C22H21NO. The molecule has 3 aromatic rings. The molecule has 0 aliphatic heterocycles.